The van der Waals surface area contributed by atoms with Gasteiger partial charge in [-0.05, 0) is 0 Å². The maximum atomic E-state index is 11.5. The van der Waals surface area contributed by atoms with Crippen LogP contribution < -0.4 is 11.3 Å². The normalized spacial score (nSPS) is 9.56. The first-order valence-corrected chi connectivity index (χ1v) is 5.39. The summed E-state index contributed by atoms with van der Waals surface area (Å²) in [6, 6.07) is 8.52. The van der Waals surface area contributed by atoms with Crippen molar-refractivity contribution in [2.45, 2.75) is 0 Å². The van der Waals surface area contributed by atoms with Gasteiger partial charge >= 0.3 is 5.91 Å². The lowest BCUT2D eigenvalue weighted by molar-refractivity contribution is -0.136. The van der Waals surface area contributed by atoms with Crippen molar-refractivity contribution >= 4 is 28.6 Å². The van der Waals surface area contributed by atoms with Crippen LogP contribution in [-0.2, 0) is 9.59 Å². The van der Waals surface area contributed by atoms with Gasteiger partial charge in [0.25, 0.3) is 0 Å². The molecule has 0 aliphatic rings. The van der Waals surface area contributed by atoms with Gasteiger partial charge < -0.3 is 0 Å². The molecule has 0 radical (unpaired) electrons. The number of rotatable bonds is 4. The molecule has 3 N–H and O–H groups in total. The summed E-state index contributed by atoms with van der Waals surface area (Å²) >= 11 is 0.776. The Hall–Kier alpha value is -1.66. The number of thioether (sulfide) groups is 1. The molecule has 0 bridgehead atoms. The number of hydrazine groups is 1. The van der Waals surface area contributed by atoms with E-state index in [1.807, 2.05) is 0 Å². The largest absolute Gasteiger partial charge is 0.302 e. The van der Waals surface area contributed by atoms with E-state index >= 15 is 0 Å². The second-order valence-electron chi connectivity index (χ2n) is 2.84. The molecule has 0 aliphatic carbocycles. The Balaban J connectivity index is 2.48. The molecule has 0 fully saturated rings. The zero-order chi connectivity index (χ0) is 12.0. The number of ketones is 1. The Labute approximate surface area is 96.4 Å². The van der Waals surface area contributed by atoms with Crippen molar-refractivity contribution in [2.75, 3.05) is 5.75 Å². The number of benzene rings is 1. The first kappa shape index (κ1) is 12.4. The van der Waals surface area contributed by atoms with E-state index in [1.54, 1.807) is 35.8 Å². The van der Waals surface area contributed by atoms with Crippen LogP contribution in [0.4, 0.5) is 0 Å². The van der Waals surface area contributed by atoms with Crippen LogP contribution in [0.25, 0.3) is 0 Å². The van der Waals surface area contributed by atoms with Gasteiger partial charge in [-0.1, -0.05) is 42.1 Å². The molecule has 0 aromatic heterocycles. The summed E-state index contributed by atoms with van der Waals surface area (Å²) in [5, 5.41) is -0.251. The molecule has 1 aromatic rings. The highest BCUT2D eigenvalue weighted by atomic mass is 32.2. The molecule has 0 saturated carbocycles. The van der Waals surface area contributed by atoms with Crippen LogP contribution in [-0.4, -0.2) is 22.6 Å². The average molecular weight is 238 g/mol. The minimum Gasteiger partial charge on any atom is -0.288 e. The molecule has 0 spiro atoms. The summed E-state index contributed by atoms with van der Waals surface area (Å²) in [4.78, 5) is 33.3. The summed E-state index contributed by atoms with van der Waals surface area (Å²) in [6.07, 6.45) is 0. The van der Waals surface area contributed by atoms with E-state index in [9.17, 15) is 14.4 Å². The summed E-state index contributed by atoms with van der Waals surface area (Å²) in [6.45, 7) is 0. The van der Waals surface area contributed by atoms with E-state index in [4.69, 9.17) is 5.84 Å². The number of carbonyl (C=O) groups excluding carboxylic acids is 3. The first-order chi connectivity index (χ1) is 7.65. The Bertz CT molecular complexity index is 406. The van der Waals surface area contributed by atoms with Crippen LogP contribution in [0.5, 0.6) is 0 Å². The quantitative estimate of drug-likeness (QED) is 0.336. The summed E-state index contributed by atoms with van der Waals surface area (Å²) in [5.74, 6) is 2.94. The molecule has 0 heterocycles. The Morgan fingerprint density at radius 3 is 2.38 bits per heavy atom. The van der Waals surface area contributed by atoms with Crippen molar-refractivity contribution in [1.29, 1.82) is 0 Å². The summed E-state index contributed by atoms with van der Waals surface area (Å²) in [5.41, 5.74) is 2.21. The minimum atomic E-state index is -0.895. The van der Waals surface area contributed by atoms with E-state index in [0.717, 1.165) is 11.8 Å². The Morgan fingerprint density at radius 1 is 1.19 bits per heavy atom. The van der Waals surface area contributed by atoms with E-state index in [-0.39, 0.29) is 10.9 Å². The number of amides is 1. The number of hydrogen-bond acceptors (Lipinski definition) is 5. The molecule has 16 heavy (non-hydrogen) atoms. The smallest absolute Gasteiger partial charge is 0.288 e. The second kappa shape index (κ2) is 6.04. The highest BCUT2D eigenvalue weighted by Crippen LogP contribution is 2.11. The third-order valence-electron chi connectivity index (χ3n) is 1.73. The predicted molar refractivity (Wildman–Crippen MR) is 60.6 cm³/mol. The molecule has 5 nitrogen and oxygen atoms in total. The fraction of sp³-hybridized carbons (Fsp3) is 0.100. The monoisotopic (exact) mass is 238 g/mol. The zero-order valence-corrected chi connectivity index (χ0v) is 9.12. The molecule has 0 atom stereocenters. The van der Waals surface area contributed by atoms with Gasteiger partial charge in [-0.15, -0.1) is 0 Å². The highest BCUT2D eigenvalue weighted by molar-refractivity contribution is 8.14. The molecule has 6 heteroatoms. The van der Waals surface area contributed by atoms with Gasteiger partial charge in [0.1, 0.15) is 0 Å². The SMILES string of the molecule is NNC(=O)C(=O)CSC(=O)c1ccccc1. The Kier molecular flexibility index (Phi) is 4.68. The van der Waals surface area contributed by atoms with Crippen LogP contribution in [0.3, 0.4) is 0 Å². The summed E-state index contributed by atoms with van der Waals surface area (Å²) in [7, 11) is 0. The van der Waals surface area contributed by atoms with Crippen molar-refractivity contribution in [1.82, 2.24) is 5.43 Å². The number of hydrogen-bond donors (Lipinski definition) is 2. The molecule has 0 unspecified atom stereocenters. The van der Waals surface area contributed by atoms with Crippen LogP contribution >= 0.6 is 11.8 Å². The lowest BCUT2D eigenvalue weighted by Crippen LogP contribution is -2.37. The van der Waals surface area contributed by atoms with E-state index < -0.39 is 11.7 Å². The van der Waals surface area contributed by atoms with Crippen molar-refractivity contribution in [3.05, 3.63) is 35.9 Å². The molecule has 1 amide bonds. The van der Waals surface area contributed by atoms with E-state index in [2.05, 4.69) is 0 Å². The topological polar surface area (TPSA) is 89.3 Å². The van der Waals surface area contributed by atoms with Gasteiger partial charge in [-0.25, -0.2) is 5.84 Å². The molecule has 1 rings (SSSR count). The van der Waals surface area contributed by atoms with Crippen molar-refractivity contribution in [3.8, 4) is 0 Å². The average Bonchev–Trinajstić information content (AvgIpc) is 2.35. The molecule has 0 saturated heterocycles. The van der Waals surface area contributed by atoms with Gasteiger partial charge in [-0.3, -0.25) is 19.8 Å². The van der Waals surface area contributed by atoms with E-state index in [1.165, 1.54) is 0 Å². The number of Topliss-reactive ketones (excluding diaryl/α,β-unsaturated/α-hetero) is 1. The van der Waals surface area contributed by atoms with Crippen LogP contribution in [0.2, 0.25) is 0 Å². The van der Waals surface area contributed by atoms with Gasteiger partial charge in [-0.2, -0.15) is 0 Å². The molecular formula is C10H10N2O3S. The van der Waals surface area contributed by atoms with Crippen LogP contribution in [0.1, 0.15) is 10.4 Å². The van der Waals surface area contributed by atoms with Gasteiger partial charge in [0.15, 0.2) is 0 Å². The fourth-order valence-electron chi connectivity index (χ4n) is 0.935. The summed E-state index contributed by atoms with van der Waals surface area (Å²) < 4.78 is 0. The standard InChI is InChI=1S/C10H10N2O3S/c11-12-9(14)8(13)6-16-10(15)7-4-2-1-3-5-7/h1-5H,6,11H2,(H,12,14). The van der Waals surface area contributed by atoms with Crippen LogP contribution in [0.15, 0.2) is 30.3 Å². The minimum absolute atomic E-state index is 0.212. The van der Waals surface area contributed by atoms with Crippen molar-refractivity contribution in [3.63, 3.8) is 0 Å². The highest BCUT2D eigenvalue weighted by Gasteiger charge is 2.15. The van der Waals surface area contributed by atoms with Gasteiger partial charge in [0.2, 0.25) is 10.9 Å². The van der Waals surface area contributed by atoms with Crippen LogP contribution in [0, 0.1) is 0 Å². The van der Waals surface area contributed by atoms with Crippen molar-refractivity contribution in [2.24, 2.45) is 5.84 Å². The second-order valence-corrected chi connectivity index (χ2v) is 3.79. The number of carbonyl (C=O) groups is 3. The zero-order valence-electron chi connectivity index (χ0n) is 8.30. The predicted octanol–water partition coefficient (Wildman–Crippen LogP) is 0.119. The molecule has 0 aliphatic heterocycles. The maximum absolute atomic E-state index is 11.5. The third kappa shape index (κ3) is 3.48. The third-order valence-corrected chi connectivity index (χ3v) is 2.63. The van der Waals surface area contributed by atoms with E-state index in [0.29, 0.717) is 5.56 Å². The van der Waals surface area contributed by atoms with Gasteiger partial charge in [0.05, 0.1) is 5.75 Å². The maximum Gasteiger partial charge on any atom is 0.302 e. The van der Waals surface area contributed by atoms with Crippen molar-refractivity contribution < 1.29 is 14.4 Å². The van der Waals surface area contributed by atoms with Gasteiger partial charge in [0, 0.05) is 5.56 Å². The first-order valence-electron chi connectivity index (χ1n) is 4.41. The lowest BCUT2D eigenvalue weighted by Gasteiger charge is -1.99. The molecule has 1 aromatic carbocycles. The molecular weight excluding hydrogens is 228 g/mol. The Morgan fingerprint density at radius 2 is 1.81 bits per heavy atom. The molecule has 84 valence electrons. The lowest BCUT2D eigenvalue weighted by atomic mass is 10.2. The number of nitrogens with two attached hydrogens (primary N) is 1. The number of nitrogens with one attached hydrogen (secondary N) is 1. The fourth-order valence-corrected chi connectivity index (χ4v) is 1.63.